The summed E-state index contributed by atoms with van der Waals surface area (Å²) in [4.78, 5) is 13.9. The van der Waals surface area contributed by atoms with Crippen LogP contribution in [-0.4, -0.2) is 5.09 Å². The van der Waals surface area contributed by atoms with Gasteiger partial charge in [-0.15, -0.1) is 10.1 Å². The summed E-state index contributed by atoms with van der Waals surface area (Å²) in [7, 11) is 0. The fourth-order valence-corrected chi connectivity index (χ4v) is 0.615. The Bertz CT molecular complexity index is 257. The maximum absolute atomic E-state index is 9.81. The van der Waals surface area contributed by atoms with Crippen molar-refractivity contribution in [3.63, 3.8) is 0 Å². The highest BCUT2D eigenvalue weighted by molar-refractivity contribution is 5.41. The molecule has 0 aliphatic heterocycles. The molecule has 5 nitrogen and oxygen atoms in total. The van der Waals surface area contributed by atoms with E-state index in [0.717, 1.165) is 0 Å². The standard InChI is InChI=1S/C6H6N2O3/c7-5-1-3-6(4-2-5)11-8(9)10/h1-4H,7H2. The summed E-state index contributed by atoms with van der Waals surface area (Å²) in [5, 5.41) is 8.94. The van der Waals surface area contributed by atoms with E-state index in [0.29, 0.717) is 5.69 Å². The highest BCUT2D eigenvalue weighted by Gasteiger charge is 1.96. The lowest BCUT2D eigenvalue weighted by Gasteiger charge is -1.96. The molecular formula is C6H6N2O3. The molecule has 58 valence electrons. The molecular weight excluding hydrogens is 148 g/mol. The fraction of sp³-hybridized carbons (Fsp3) is 0. The molecule has 5 heteroatoms. The highest BCUT2D eigenvalue weighted by Crippen LogP contribution is 2.12. The molecule has 0 aliphatic carbocycles. The summed E-state index contributed by atoms with van der Waals surface area (Å²) in [5.41, 5.74) is 5.87. The van der Waals surface area contributed by atoms with Gasteiger partial charge >= 0.3 is 0 Å². The van der Waals surface area contributed by atoms with Crippen molar-refractivity contribution in [3.05, 3.63) is 34.4 Å². The van der Waals surface area contributed by atoms with E-state index in [4.69, 9.17) is 5.73 Å². The van der Waals surface area contributed by atoms with Gasteiger partial charge in [-0.05, 0) is 24.3 Å². The van der Waals surface area contributed by atoms with Crippen LogP contribution in [0.5, 0.6) is 5.75 Å². The van der Waals surface area contributed by atoms with Gasteiger partial charge in [0.25, 0.3) is 5.09 Å². The van der Waals surface area contributed by atoms with Crippen molar-refractivity contribution in [2.24, 2.45) is 0 Å². The van der Waals surface area contributed by atoms with E-state index in [1.165, 1.54) is 24.3 Å². The van der Waals surface area contributed by atoms with Crippen molar-refractivity contribution < 1.29 is 9.92 Å². The number of hydrogen-bond donors (Lipinski definition) is 1. The monoisotopic (exact) mass is 154 g/mol. The molecule has 11 heavy (non-hydrogen) atoms. The first-order valence-corrected chi connectivity index (χ1v) is 2.86. The van der Waals surface area contributed by atoms with Gasteiger partial charge in [0.15, 0.2) is 0 Å². The predicted octanol–water partition coefficient (Wildman–Crippen LogP) is 0.839. The third-order valence-corrected chi connectivity index (χ3v) is 1.06. The molecule has 0 fully saturated rings. The second kappa shape index (κ2) is 2.87. The smallest absolute Gasteiger partial charge is 0.299 e. The molecule has 2 N–H and O–H groups in total. The molecule has 0 spiro atoms. The van der Waals surface area contributed by atoms with Crippen LogP contribution in [0, 0.1) is 10.1 Å². The number of benzene rings is 1. The van der Waals surface area contributed by atoms with Crippen LogP contribution in [0.2, 0.25) is 0 Å². The van der Waals surface area contributed by atoms with Crippen LogP contribution in [0.25, 0.3) is 0 Å². The summed E-state index contributed by atoms with van der Waals surface area (Å²) in [6.45, 7) is 0. The minimum atomic E-state index is -0.870. The third kappa shape index (κ3) is 2.13. The van der Waals surface area contributed by atoms with Crippen LogP contribution in [0.1, 0.15) is 0 Å². The normalized spacial score (nSPS) is 9.09. The zero-order valence-corrected chi connectivity index (χ0v) is 5.56. The van der Waals surface area contributed by atoms with E-state index in [2.05, 4.69) is 4.84 Å². The zero-order valence-electron chi connectivity index (χ0n) is 5.56. The zero-order chi connectivity index (χ0) is 8.27. The molecule has 0 aliphatic rings. The lowest BCUT2D eigenvalue weighted by atomic mass is 10.3. The van der Waals surface area contributed by atoms with E-state index in [9.17, 15) is 10.1 Å². The average molecular weight is 154 g/mol. The average Bonchev–Trinajstić information content (AvgIpc) is 1.93. The fourth-order valence-electron chi connectivity index (χ4n) is 0.615. The van der Waals surface area contributed by atoms with Crippen LogP contribution >= 0.6 is 0 Å². The van der Waals surface area contributed by atoms with E-state index < -0.39 is 5.09 Å². The quantitative estimate of drug-likeness (QED) is 0.389. The molecule has 1 aromatic rings. The van der Waals surface area contributed by atoms with Crippen molar-refractivity contribution in [2.45, 2.75) is 0 Å². The second-order valence-electron chi connectivity index (χ2n) is 1.88. The summed E-state index contributed by atoms with van der Waals surface area (Å²) in [5.74, 6) is 0.171. The van der Waals surface area contributed by atoms with Crippen molar-refractivity contribution >= 4 is 5.69 Å². The Morgan fingerprint density at radius 2 is 1.91 bits per heavy atom. The van der Waals surface area contributed by atoms with Crippen LogP contribution < -0.4 is 10.6 Å². The van der Waals surface area contributed by atoms with Gasteiger partial charge in [0, 0.05) is 5.69 Å². The van der Waals surface area contributed by atoms with Gasteiger partial charge in [-0.3, -0.25) is 4.84 Å². The summed E-state index contributed by atoms with van der Waals surface area (Å²) in [6.07, 6.45) is 0. The SMILES string of the molecule is Nc1ccc(O[N+](=O)[O-])cc1. The molecule has 0 atom stereocenters. The van der Waals surface area contributed by atoms with Gasteiger partial charge in [-0.2, -0.15) is 0 Å². The first kappa shape index (κ1) is 7.33. The van der Waals surface area contributed by atoms with Crippen LogP contribution in [0.15, 0.2) is 24.3 Å². The Kier molecular flexibility index (Phi) is 1.91. The molecule has 0 aromatic heterocycles. The summed E-state index contributed by atoms with van der Waals surface area (Å²) >= 11 is 0. The van der Waals surface area contributed by atoms with Gasteiger partial charge in [-0.1, -0.05) is 0 Å². The number of hydrogen-bond acceptors (Lipinski definition) is 4. The molecule has 0 radical (unpaired) electrons. The number of nitrogen functional groups attached to an aromatic ring is 1. The number of nitrogens with two attached hydrogens (primary N) is 1. The van der Waals surface area contributed by atoms with Crippen molar-refractivity contribution in [1.29, 1.82) is 0 Å². The molecule has 0 saturated heterocycles. The Hall–Kier alpha value is -1.78. The minimum absolute atomic E-state index is 0.171. The maximum atomic E-state index is 9.81. The summed E-state index contributed by atoms with van der Waals surface area (Å²) < 4.78 is 0. The Labute approximate surface area is 62.5 Å². The van der Waals surface area contributed by atoms with Gasteiger partial charge in [0.2, 0.25) is 0 Å². The number of nitrogens with zero attached hydrogens (tertiary/aromatic N) is 1. The maximum Gasteiger partial charge on any atom is 0.299 e. The molecule has 0 heterocycles. The topological polar surface area (TPSA) is 78.4 Å². The lowest BCUT2D eigenvalue weighted by Crippen LogP contribution is -2.03. The summed E-state index contributed by atoms with van der Waals surface area (Å²) in [6, 6.07) is 5.91. The van der Waals surface area contributed by atoms with E-state index in [1.54, 1.807) is 0 Å². The van der Waals surface area contributed by atoms with Gasteiger partial charge < -0.3 is 5.73 Å². The molecule has 1 aromatic carbocycles. The predicted molar refractivity (Wildman–Crippen MR) is 38.5 cm³/mol. The van der Waals surface area contributed by atoms with Crippen LogP contribution in [-0.2, 0) is 0 Å². The Morgan fingerprint density at radius 1 is 1.36 bits per heavy atom. The number of anilines is 1. The molecule has 0 amide bonds. The third-order valence-electron chi connectivity index (χ3n) is 1.06. The van der Waals surface area contributed by atoms with Crippen LogP contribution in [0.4, 0.5) is 5.69 Å². The van der Waals surface area contributed by atoms with Gasteiger partial charge in [0.05, 0.1) is 0 Å². The molecule has 0 bridgehead atoms. The largest absolute Gasteiger partial charge is 0.399 e. The number of rotatable bonds is 2. The van der Waals surface area contributed by atoms with Crippen molar-refractivity contribution in [3.8, 4) is 5.75 Å². The first-order valence-electron chi connectivity index (χ1n) is 2.86. The van der Waals surface area contributed by atoms with Gasteiger partial charge in [-0.25, -0.2) is 0 Å². The molecule has 0 unspecified atom stereocenters. The van der Waals surface area contributed by atoms with E-state index in [-0.39, 0.29) is 5.75 Å². The lowest BCUT2D eigenvalue weighted by molar-refractivity contribution is -0.711. The van der Waals surface area contributed by atoms with Gasteiger partial charge in [0.1, 0.15) is 5.75 Å². The van der Waals surface area contributed by atoms with E-state index in [1.807, 2.05) is 0 Å². The molecule has 1 rings (SSSR count). The van der Waals surface area contributed by atoms with Crippen molar-refractivity contribution in [1.82, 2.24) is 0 Å². The minimum Gasteiger partial charge on any atom is -0.399 e. The first-order chi connectivity index (χ1) is 5.18. The Balaban J connectivity index is 2.74. The molecule has 0 saturated carbocycles. The second-order valence-corrected chi connectivity index (χ2v) is 1.88. The Morgan fingerprint density at radius 3 is 2.36 bits per heavy atom. The highest BCUT2D eigenvalue weighted by atomic mass is 17.0. The van der Waals surface area contributed by atoms with E-state index >= 15 is 0 Å². The van der Waals surface area contributed by atoms with Crippen LogP contribution in [0.3, 0.4) is 0 Å². The van der Waals surface area contributed by atoms with Crippen molar-refractivity contribution in [2.75, 3.05) is 5.73 Å².